The van der Waals surface area contributed by atoms with Crippen LogP contribution in [0.1, 0.15) is 21.6 Å². The van der Waals surface area contributed by atoms with Crippen LogP contribution >= 0.6 is 35.0 Å². The standard InChI is InChI=1S/C18H12Cl2N4O2S/c1-10-11(9-21)7-13(17(25)26-2)16(23-10)27-18-22-5-6-24(18)15-8-12(19)3-4-14(15)20/h3-8H,1-2H3. The highest BCUT2D eigenvalue weighted by molar-refractivity contribution is 7.99. The number of imidazole rings is 1. The highest BCUT2D eigenvalue weighted by atomic mass is 35.5. The number of benzene rings is 1. The average molecular weight is 419 g/mol. The van der Waals surface area contributed by atoms with Crippen LogP contribution in [0.3, 0.4) is 0 Å². The zero-order valence-electron chi connectivity index (χ0n) is 14.2. The van der Waals surface area contributed by atoms with Gasteiger partial charge in [0.25, 0.3) is 0 Å². The van der Waals surface area contributed by atoms with Crippen LogP contribution in [0.15, 0.2) is 46.8 Å². The summed E-state index contributed by atoms with van der Waals surface area (Å²) >= 11 is 13.5. The number of aromatic nitrogens is 3. The summed E-state index contributed by atoms with van der Waals surface area (Å²) in [5, 5.41) is 11.1. The van der Waals surface area contributed by atoms with Gasteiger partial charge in [-0.15, -0.1) is 0 Å². The number of hydrogen-bond donors (Lipinski definition) is 0. The number of ether oxygens (including phenoxy) is 1. The minimum absolute atomic E-state index is 0.191. The van der Waals surface area contributed by atoms with Gasteiger partial charge in [-0.25, -0.2) is 14.8 Å². The fourth-order valence-corrected chi connectivity index (χ4v) is 3.69. The number of aryl methyl sites for hydroxylation is 1. The first kappa shape index (κ1) is 19.2. The maximum absolute atomic E-state index is 12.1. The van der Waals surface area contributed by atoms with Crippen LogP contribution in [-0.4, -0.2) is 27.6 Å². The van der Waals surface area contributed by atoms with Crippen LogP contribution in [0.5, 0.6) is 0 Å². The topological polar surface area (TPSA) is 80.8 Å². The van der Waals surface area contributed by atoms with Gasteiger partial charge in [0.05, 0.1) is 34.6 Å². The van der Waals surface area contributed by atoms with Gasteiger partial charge in [0.1, 0.15) is 11.1 Å². The molecule has 0 amide bonds. The molecule has 0 aliphatic heterocycles. The van der Waals surface area contributed by atoms with Gasteiger partial charge < -0.3 is 4.74 Å². The fraction of sp³-hybridized carbons (Fsp3) is 0.111. The van der Waals surface area contributed by atoms with Crippen molar-refractivity contribution >= 4 is 40.9 Å². The lowest BCUT2D eigenvalue weighted by Gasteiger charge is -2.12. The molecular weight excluding hydrogens is 407 g/mol. The average Bonchev–Trinajstić information content (AvgIpc) is 3.11. The summed E-state index contributed by atoms with van der Waals surface area (Å²) < 4.78 is 6.56. The van der Waals surface area contributed by atoms with Crippen LogP contribution in [0.4, 0.5) is 0 Å². The van der Waals surface area contributed by atoms with E-state index in [0.717, 1.165) is 11.8 Å². The Kier molecular flexibility index (Phi) is 5.71. The van der Waals surface area contributed by atoms with Gasteiger partial charge in [-0.05, 0) is 43.0 Å². The molecule has 0 aliphatic carbocycles. The number of nitrogens with zero attached hydrogens (tertiary/aromatic N) is 4. The molecule has 2 aromatic heterocycles. The number of esters is 1. The monoisotopic (exact) mass is 418 g/mol. The summed E-state index contributed by atoms with van der Waals surface area (Å²) in [4.78, 5) is 20.9. The molecule has 0 radical (unpaired) electrons. The molecule has 0 saturated heterocycles. The first-order valence-electron chi connectivity index (χ1n) is 7.61. The van der Waals surface area contributed by atoms with E-state index in [1.165, 1.54) is 13.2 Å². The van der Waals surface area contributed by atoms with Gasteiger partial charge in [-0.1, -0.05) is 23.2 Å². The minimum Gasteiger partial charge on any atom is -0.465 e. The number of pyridine rings is 1. The number of hydrogen-bond acceptors (Lipinski definition) is 6. The van der Waals surface area contributed by atoms with E-state index in [0.29, 0.717) is 37.2 Å². The normalized spacial score (nSPS) is 10.5. The SMILES string of the molecule is COC(=O)c1cc(C#N)c(C)nc1Sc1nccn1-c1cc(Cl)ccc1Cl. The lowest BCUT2D eigenvalue weighted by molar-refractivity contribution is 0.0595. The summed E-state index contributed by atoms with van der Waals surface area (Å²) in [6.07, 6.45) is 3.34. The van der Waals surface area contributed by atoms with Crippen molar-refractivity contribution in [2.45, 2.75) is 17.1 Å². The smallest absolute Gasteiger partial charge is 0.340 e. The van der Waals surface area contributed by atoms with Gasteiger partial charge >= 0.3 is 5.97 Å². The third-order valence-corrected chi connectivity index (χ3v) is 5.21. The van der Waals surface area contributed by atoms with Gasteiger partial charge in [0.15, 0.2) is 5.16 Å². The van der Waals surface area contributed by atoms with E-state index in [9.17, 15) is 10.1 Å². The molecule has 136 valence electrons. The van der Waals surface area contributed by atoms with Crippen molar-refractivity contribution in [3.05, 3.63) is 63.5 Å². The molecule has 3 aromatic rings. The molecule has 0 unspecified atom stereocenters. The van der Waals surface area contributed by atoms with E-state index in [1.54, 1.807) is 42.1 Å². The molecule has 3 rings (SSSR count). The third kappa shape index (κ3) is 3.93. The van der Waals surface area contributed by atoms with Crippen LogP contribution in [0.2, 0.25) is 10.0 Å². The van der Waals surface area contributed by atoms with E-state index in [1.807, 2.05) is 6.07 Å². The highest BCUT2D eigenvalue weighted by Crippen LogP contribution is 2.33. The lowest BCUT2D eigenvalue weighted by Crippen LogP contribution is -2.07. The lowest BCUT2D eigenvalue weighted by atomic mass is 10.1. The molecule has 1 aromatic carbocycles. The molecule has 0 saturated carbocycles. The Hall–Kier alpha value is -2.53. The first-order valence-corrected chi connectivity index (χ1v) is 9.18. The summed E-state index contributed by atoms with van der Waals surface area (Å²) in [5.41, 5.74) is 1.65. The second-order valence-electron chi connectivity index (χ2n) is 5.36. The fourth-order valence-electron chi connectivity index (χ4n) is 2.34. The first-order chi connectivity index (χ1) is 12.9. The number of methoxy groups -OCH3 is 1. The summed E-state index contributed by atoms with van der Waals surface area (Å²) in [6.45, 7) is 1.70. The van der Waals surface area contributed by atoms with Crippen molar-refractivity contribution in [1.29, 1.82) is 5.26 Å². The summed E-state index contributed by atoms with van der Waals surface area (Å²) in [7, 11) is 1.27. The summed E-state index contributed by atoms with van der Waals surface area (Å²) in [5.74, 6) is -0.583. The molecule has 6 nitrogen and oxygen atoms in total. The Morgan fingerprint density at radius 1 is 1.33 bits per heavy atom. The molecule has 9 heteroatoms. The van der Waals surface area contributed by atoms with Crippen LogP contribution in [0.25, 0.3) is 5.69 Å². The second-order valence-corrected chi connectivity index (χ2v) is 7.15. The molecule has 0 atom stereocenters. The van der Waals surface area contributed by atoms with Crippen LogP contribution < -0.4 is 0 Å². The maximum atomic E-state index is 12.1. The quantitative estimate of drug-likeness (QED) is 0.571. The van der Waals surface area contributed by atoms with Crippen LogP contribution in [-0.2, 0) is 4.74 Å². The van der Waals surface area contributed by atoms with Crippen molar-refractivity contribution in [3.8, 4) is 11.8 Å². The second kappa shape index (κ2) is 8.01. The number of carbonyl (C=O) groups is 1. The number of halogens is 2. The predicted octanol–water partition coefficient (Wildman–Crippen LogP) is 4.69. The third-order valence-electron chi connectivity index (χ3n) is 3.67. The van der Waals surface area contributed by atoms with Gasteiger partial charge in [-0.2, -0.15) is 5.26 Å². The van der Waals surface area contributed by atoms with E-state index in [4.69, 9.17) is 27.9 Å². The van der Waals surface area contributed by atoms with Crippen molar-refractivity contribution in [2.75, 3.05) is 7.11 Å². The molecular formula is C18H12Cl2N4O2S. The predicted molar refractivity (Wildman–Crippen MR) is 103 cm³/mol. The van der Waals surface area contributed by atoms with Gasteiger partial charge in [0.2, 0.25) is 0 Å². The molecule has 0 spiro atoms. The van der Waals surface area contributed by atoms with E-state index in [2.05, 4.69) is 9.97 Å². The molecule has 0 bridgehead atoms. The zero-order chi connectivity index (χ0) is 19.6. The summed E-state index contributed by atoms with van der Waals surface area (Å²) in [6, 6.07) is 8.59. The van der Waals surface area contributed by atoms with Crippen molar-refractivity contribution in [2.24, 2.45) is 0 Å². The maximum Gasteiger partial charge on any atom is 0.340 e. The Morgan fingerprint density at radius 2 is 2.11 bits per heavy atom. The van der Waals surface area contributed by atoms with E-state index >= 15 is 0 Å². The Labute approximate surface area is 169 Å². The Balaban J connectivity index is 2.09. The Morgan fingerprint density at radius 3 is 2.81 bits per heavy atom. The minimum atomic E-state index is -0.583. The molecule has 27 heavy (non-hydrogen) atoms. The van der Waals surface area contributed by atoms with E-state index in [-0.39, 0.29) is 5.56 Å². The van der Waals surface area contributed by atoms with Crippen molar-refractivity contribution in [1.82, 2.24) is 14.5 Å². The van der Waals surface area contributed by atoms with Crippen molar-refractivity contribution in [3.63, 3.8) is 0 Å². The zero-order valence-corrected chi connectivity index (χ0v) is 16.6. The Bertz CT molecular complexity index is 1080. The number of nitriles is 1. The van der Waals surface area contributed by atoms with Gasteiger partial charge in [0, 0.05) is 17.4 Å². The highest BCUT2D eigenvalue weighted by Gasteiger charge is 2.20. The molecule has 0 fully saturated rings. The number of rotatable bonds is 4. The molecule has 2 heterocycles. The number of carbonyl (C=O) groups excluding carboxylic acids is 1. The van der Waals surface area contributed by atoms with Crippen molar-refractivity contribution < 1.29 is 9.53 Å². The van der Waals surface area contributed by atoms with Gasteiger partial charge in [-0.3, -0.25) is 4.57 Å². The molecule has 0 aliphatic rings. The molecule has 0 N–H and O–H groups in total. The largest absolute Gasteiger partial charge is 0.465 e. The van der Waals surface area contributed by atoms with Crippen LogP contribution in [0, 0.1) is 18.3 Å². The van der Waals surface area contributed by atoms with E-state index < -0.39 is 5.97 Å².